The van der Waals surface area contributed by atoms with E-state index in [1.807, 2.05) is 0 Å². The predicted octanol–water partition coefficient (Wildman–Crippen LogP) is 3.62. The second kappa shape index (κ2) is 6.27. The zero-order chi connectivity index (χ0) is 11.6. The number of benzene rings is 1. The van der Waals surface area contributed by atoms with Gasteiger partial charge in [0, 0.05) is 6.04 Å². The summed E-state index contributed by atoms with van der Waals surface area (Å²) in [5.41, 5.74) is 13.1. The minimum atomic E-state index is 0. The molecule has 1 unspecified atom stereocenters. The summed E-state index contributed by atoms with van der Waals surface area (Å²) in [5, 5.41) is 0. The summed E-state index contributed by atoms with van der Waals surface area (Å²) in [6.45, 7) is 10.9. The van der Waals surface area contributed by atoms with Crippen LogP contribution in [0, 0.1) is 27.7 Å². The van der Waals surface area contributed by atoms with Crippen molar-refractivity contribution < 1.29 is 0 Å². The van der Waals surface area contributed by atoms with Gasteiger partial charge in [-0.05, 0) is 68.4 Å². The van der Waals surface area contributed by atoms with E-state index in [0.29, 0.717) is 6.04 Å². The molecule has 0 aliphatic heterocycles. The quantitative estimate of drug-likeness (QED) is 0.860. The van der Waals surface area contributed by atoms with E-state index < -0.39 is 0 Å². The first-order chi connectivity index (χ1) is 6.97. The van der Waals surface area contributed by atoms with Gasteiger partial charge < -0.3 is 5.73 Å². The molecular weight excluding hydrogens is 218 g/mol. The molecule has 2 heteroatoms. The van der Waals surface area contributed by atoms with Gasteiger partial charge in [0.1, 0.15) is 0 Å². The fourth-order valence-corrected chi connectivity index (χ4v) is 2.01. The molecule has 0 amide bonds. The summed E-state index contributed by atoms with van der Waals surface area (Å²) in [6, 6.07) is 2.56. The van der Waals surface area contributed by atoms with Crippen LogP contribution in [0.3, 0.4) is 0 Å². The highest BCUT2D eigenvalue weighted by Crippen LogP contribution is 2.22. The molecule has 0 spiro atoms. The van der Waals surface area contributed by atoms with Crippen LogP contribution in [0.4, 0.5) is 0 Å². The van der Waals surface area contributed by atoms with Crippen molar-refractivity contribution in [2.24, 2.45) is 5.73 Å². The van der Waals surface area contributed by atoms with Crippen molar-refractivity contribution in [2.75, 3.05) is 0 Å². The average molecular weight is 242 g/mol. The van der Waals surface area contributed by atoms with E-state index in [1.54, 1.807) is 0 Å². The molecule has 1 atom stereocenters. The van der Waals surface area contributed by atoms with Crippen LogP contribution < -0.4 is 5.73 Å². The van der Waals surface area contributed by atoms with E-state index >= 15 is 0 Å². The van der Waals surface area contributed by atoms with Gasteiger partial charge in [0.05, 0.1) is 0 Å². The minimum Gasteiger partial charge on any atom is -0.327 e. The van der Waals surface area contributed by atoms with Crippen LogP contribution in [0.5, 0.6) is 0 Å². The summed E-state index contributed by atoms with van der Waals surface area (Å²) >= 11 is 0. The van der Waals surface area contributed by atoms with Crippen LogP contribution in [0.15, 0.2) is 6.07 Å². The molecule has 0 saturated heterocycles. The molecular formula is C14H24ClN. The van der Waals surface area contributed by atoms with Crippen LogP contribution in [0.2, 0.25) is 0 Å². The maximum Gasteiger partial charge on any atom is 0.00769 e. The third-order valence-corrected chi connectivity index (χ3v) is 3.51. The van der Waals surface area contributed by atoms with Crippen molar-refractivity contribution in [3.8, 4) is 0 Å². The normalized spacial score (nSPS) is 12.1. The predicted molar refractivity (Wildman–Crippen MR) is 74.6 cm³/mol. The average Bonchev–Trinajstić information content (AvgIpc) is 2.21. The third-order valence-electron chi connectivity index (χ3n) is 3.51. The number of halogens is 1. The monoisotopic (exact) mass is 241 g/mol. The molecule has 0 aliphatic carbocycles. The minimum absolute atomic E-state index is 0. The molecule has 92 valence electrons. The van der Waals surface area contributed by atoms with Gasteiger partial charge in [-0.1, -0.05) is 13.0 Å². The molecule has 1 rings (SSSR count). The fourth-order valence-electron chi connectivity index (χ4n) is 2.01. The Bertz CT molecular complexity index is 332. The summed E-state index contributed by atoms with van der Waals surface area (Å²) in [7, 11) is 0. The molecule has 1 aromatic rings. The highest BCUT2D eigenvalue weighted by molar-refractivity contribution is 5.85. The standard InChI is InChI=1S/C14H23N.ClH/c1-6-13(15)8-14-11(4)9(2)7-10(3)12(14)5;/h7,13H,6,8,15H2,1-5H3;1H. The van der Waals surface area contributed by atoms with E-state index in [4.69, 9.17) is 5.73 Å². The smallest absolute Gasteiger partial charge is 0.00769 e. The van der Waals surface area contributed by atoms with Crippen molar-refractivity contribution in [2.45, 2.75) is 53.5 Å². The lowest BCUT2D eigenvalue weighted by molar-refractivity contribution is 0.642. The lowest BCUT2D eigenvalue weighted by Gasteiger charge is -2.18. The largest absolute Gasteiger partial charge is 0.327 e. The number of nitrogens with two attached hydrogens (primary N) is 1. The Balaban J connectivity index is 0.00000225. The van der Waals surface area contributed by atoms with Gasteiger partial charge in [0.2, 0.25) is 0 Å². The summed E-state index contributed by atoms with van der Waals surface area (Å²) < 4.78 is 0. The zero-order valence-electron chi connectivity index (χ0n) is 11.1. The van der Waals surface area contributed by atoms with Crippen molar-refractivity contribution in [3.05, 3.63) is 33.9 Å². The van der Waals surface area contributed by atoms with E-state index in [9.17, 15) is 0 Å². The topological polar surface area (TPSA) is 26.0 Å². The number of aryl methyl sites for hydroxylation is 2. The van der Waals surface area contributed by atoms with E-state index in [0.717, 1.165) is 12.8 Å². The zero-order valence-corrected chi connectivity index (χ0v) is 11.9. The molecule has 1 aromatic carbocycles. The van der Waals surface area contributed by atoms with Gasteiger partial charge in [-0.2, -0.15) is 0 Å². The first-order valence-electron chi connectivity index (χ1n) is 5.79. The Labute approximate surface area is 106 Å². The van der Waals surface area contributed by atoms with E-state index in [-0.39, 0.29) is 12.4 Å². The molecule has 2 N–H and O–H groups in total. The summed E-state index contributed by atoms with van der Waals surface area (Å²) in [5.74, 6) is 0. The first kappa shape index (κ1) is 15.5. The summed E-state index contributed by atoms with van der Waals surface area (Å²) in [4.78, 5) is 0. The van der Waals surface area contributed by atoms with Crippen molar-refractivity contribution >= 4 is 12.4 Å². The van der Waals surface area contributed by atoms with Gasteiger partial charge in [-0.3, -0.25) is 0 Å². The second-order valence-corrected chi connectivity index (χ2v) is 4.61. The molecule has 0 saturated carbocycles. The number of hydrogen-bond acceptors (Lipinski definition) is 1. The van der Waals surface area contributed by atoms with Gasteiger partial charge in [-0.25, -0.2) is 0 Å². The molecule has 0 aromatic heterocycles. The van der Waals surface area contributed by atoms with Crippen LogP contribution in [0.1, 0.15) is 41.2 Å². The Morgan fingerprint density at radius 3 is 1.88 bits per heavy atom. The van der Waals surface area contributed by atoms with Crippen molar-refractivity contribution in [1.82, 2.24) is 0 Å². The molecule has 0 heterocycles. The molecule has 0 radical (unpaired) electrons. The maximum absolute atomic E-state index is 6.04. The van der Waals surface area contributed by atoms with E-state index in [2.05, 4.69) is 40.7 Å². The molecule has 0 bridgehead atoms. The number of rotatable bonds is 3. The Morgan fingerprint density at radius 1 is 1.06 bits per heavy atom. The first-order valence-corrected chi connectivity index (χ1v) is 5.79. The van der Waals surface area contributed by atoms with Crippen LogP contribution >= 0.6 is 12.4 Å². The molecule has 0 fully saturated rings. The highest BCUT2D eigenvalue weighted by Gasteiger charge is 2.10. The van der Waals surface area contributed by atoms with Gasteiger partial charge in [-0.15, -0.1) is 12.4 Å². The fraction of sp³-hybridized carbons (Fsp3) is 0.571. The lowest BCUT2D eigenvalue weighted by atomic mass is 9.90. The lowest BCUT2D eigenvalue weighted by Crippen LogP contribution is -2.22. The van der Waals surface area contributed by atoms with Crippen LogP contribution in [-0.4, -0.2) is 6.04 Å². The van der Waals surface area contributed by atoms with Crippen LogP contribution in [0.25, 0.3) is 0 Å². The van der Waals surface area contributed by atoms with Crippen LogP contribution in [-0.2, 0) is 6.42 Å². The van der Waals surface area contributed by atoms with Gasteiger partial charge in [0.25, 0.3) is 0 Å². The number of hydrogen-bond donors (Lipinski definition) is 1. The van der Waals surface area contributed by atoms with Crippen molar-refractivity contribution in [1.29, 1.82) is 0 Å². The highest BCUT2D eigenvalue weighted by atomic mass is 35.5. The van der Waals surface area contributed by atoms with Gasteiger partial charge in [0.15, 0.2) is 0 Å². The second-order valence-electron chi connectivity index (χ2n) is 4.61. The van der Waals surface area contributed by atoms with E-state index in [1.165, 1.54) is 27.8 Å². The third kappa shape index (κ3) is 3.23. The Kier molecular flexibility index (Phi) is 6.06. The molecule has 1 nitrogen and oxygen atoms in total. The van der Waals surface area contributed by atoms with Crippen molar-refractivity contribution in [3.63, 3.8) is 0 Å². The maximum atomic E-state index is 6.04. The summed E-state index contributed by atoms with van der Waals surface area (Å²) in [6.07, 6.45) is 2.06. The Hall–Kier alpha value is -0.530. The molecule has 0 aliphatic rings. The molecule has 16 heavy (non-hydrogen) atoms. The van der Waals surface area contributed by atoms with Gasteiger partial charge >= 0.3 is 0 Å². The SMILES string of the molecule is CCC(N)Cc1c(C)c(C)cc(C)c1C.Cl. The Morgan fingerprint density at radius 2 is 1.50 bits per heavy atom.